The molecule has 0 radical (unpaired) electrons. The monoisotopic (exact) mass is 194 g/mol. The quantitative estimate of drug-likeness (QED) is 0.528. The van der Waals surface area contributed by atoms with Gasteiger partial charge < -0.3 is 4.74 Å². The second-order valence-corrected chi connectivity index (χ2v) is 2.79. The van der Waals surface area contributed by atoms with Gasteiger partial charge in [-0.2, -0.15) is 5.10 Å². The molecule has 1 aromatic heterocycles. The van der Waals surface area contributed by atoms with Gasteiger partial charge in [-0.15, -0.1) is 6.58 Å². The number of aryl methyl sites for hydroxylation is 1. The zero-order chi connectivity index (χ0) is 10.4. The van der Waals surface area contributed by atoms with Crippen LogP contribution in [0.5, 0.6) is 0 Å². The molecule has 1 aromatic rings. The molecule has 0 unspecified atom stereocenters. The summed E-state index contributed by atoms with van der Waals surface area (Å²) >= 11 is 0. The van der Waals surface area contributed by atoms with Gasteiger partial charge in [-0.05, 0) is 13.3 Å². The summed E-state index contributed by atoms with van der Waals surface area (Å²) in [4.78, 5) is 11.2. The van der Waals surface area contributed by atoms with E-state index in [0.29, 0.717) is 12.2 Å². The molecule has 4 heteroatoms. The zero-order valence-electron chi connectivity index (χ0n) is 8.27. The lowest BCUT2D eigenvalue weighted by atomic mass is 10.4. The van der Waals surface area contributed by atoms with Gasteiger partial charge in [0.05, 0.1) is 18.4 Å². The number of aromatic nitrogens is 2. The second-order valence-electron chi connectivity index (χ2n) is 2.79. The Morgan fingerprint density at radius 3 is 3.21 bits per heavy atom. The molecule has 0 bridgehead atoms. The Hall–Kier alpha value is -1.58. The molecule has 1 heterocycles. The highest BCUT2D eigenvalue weighted by Crippen LogP contribution is 2.01. The predicted molar refractivity (Wildman–Crippen MR) is 53.0 cm³/mol. The van der Waals surface area contributed by atoms with E-state index in [1.807, 2.05) is 6.08 Å². The lowest BCUT2D eigenvalue weighted by Gasteiger charge is -1.97. The minimum atomic E-state index is -0.322. The molecule has 0 saturated carbocycles. The number of hydrogen-bond donors (Lipinski definition) is 0. The molecule has 0 saturated heterocycles. The molecule has 0 spiro atoms. The van der Waals surface area contributed by atoms with Gasteiger partial charge in [0.25, 0.3) is 0 Å². The third kappa shape index (κ3) is 2.73. The van der Waals surface area contributed by atoms with Crippen molar-refractivity contribution in [2.24, 2.45) is 0 Å². The summed E-state index contributed by atoms with van der Waals surface area (Å²) in [6, 6.07) is 0. The first-order valence-corrected chi connectivity index (χ1v) is 4.58. The number of allylic oxidation sites excluding steroid dienone is 1. The fourth-order valence-corrected chi connectivity index (χ4v) is 1.03. The first-order chi connectivity index (χ1) is 6.77. The maximum absolute atomic E-state index is 11.2. The summed E-state index contributed by atoms with van der Waals surface area (Å²) in [5, 5.41) is 4.03. The van der Waals surface area contributed by atoms with Gasteiger partial charge in [0.2, 0.25) is 0 Å². The van der Waals surface area contributed by atoms with Crippen LogP contribution in [0.1, 0.15) is 23.7 Å². The fourth-order valence-electron chi connectivity index (χ4n) is 1.03. The second kappa shape index (κ2) is 5.21. The minimum absolute atomic E-state index is 0.322. The fraction of sp³-hybridized carbons (Fsp3) is 0.400. The van der Waals surface area contributed by atoms with Crippen molar-refractivity contribution >= 4 is 5.97 Å². The van der Waals surface area contributed by atoms with Gasteiger partial charge in [0.1, 0.15) is 0 Å². The molecule has 76 valence electrons. The molecule has 0 aromatic carbocycles. The van der Waals surface area contributed by atoms with E-state index < -0.39 is 0 Å². The third-order valence-corrected chi connectivity index (χ3v) is 1.71. The van der Waals surface area contributed by atoms with Crippen molar-refractivity contribution in [3.05, 3.63) is 30.6 Å². The summed E-state index contributed by atoms with van der Waals surface area (Å²) < 4.78 is 6.54. The first kappa shape index (κ1) is 10.5. The van der Waals surface area contributed by atoms with Crippen LogP contribution in [0, 0.1) is 0 Å². The molecule has 14 heavy (non-hydrogen) atoms. The smallest absolute Gasteiger partial charge is 0.341 e. The van der Waals surface area contributed by atoms with Crippen molar-refractivity contribution in [2.75, 3.05) is 6.61 Å². The van der Waals surface area contributed by atoms with Gasteiger partial charge in [0, 0.05) is 12.7 Å². The maximum atomic E-state index is 11.2. The van der Waals surface area contributed by atoms with Gasteiger partial charge in [-0.1, -0.05) is 6.08 Å². The minimum Gasteiger partial charge on any atom is -0.462 e. The average Bonchev–Trinajstić information content (AvgIpc) is 2.63. The molecule has 0 aliphatic carbocycles. The van der Waals surface area contributed by atoms with Crippen LogP contribution < -0.4 is 0 Å². The molecule has 1 rings (SSSR count). The van der Waals surface area contributed by atoms with Gasteiger partial charge >= 0.3 is 5.97 Å². The Bertz CT molecular complexity index is 318. The number of carbonyl (C=O) groups excluding carboxylic acids is 1. The molecule has 0 aliphatic rings. The van der Waals surface area contributed by atoms with Crippen molar-refractivity contribution in [2.45, 2.75) is 19.9 Å². The first-order valence-electron chi connectivity index (χ1n) is 4.58. The van der Waals surface area contributed by atoms with Crippen molar-refractivity contribution in [1.29, 1.82) is 0 Å². The topological polar surface area (TPSA) is 44.1 Å². The van der Waals surface area contributed by atoms with Crippen molar-refractivity contribution in [3.8, 4) is 0 Å². The van der Waals surface area contributed by atoms with E-state index in [2.05, 4.69) is 11.7 Å². The number of nitrogens with zero attached hydrogens (tertiary/aromatic N) is 2. The average molecular weight is 194 g/mol. The normalized spacial score (nSPS) is 9.79. The van der Waals surface area contributed by atoms with E-state index in [1.165, 1.54) is 6.20 Å². The maximum Gasteiger partial charge on any atom is 0.341 e. The highest BCUT2D eigenvalue weighted by molar-refractivity contribution is 5.88. The predicted octanol–water partition coefficient (Wildman–Crippen LogP) is 1.64. The van der Waals surface area contributed by atoms with Crippen molar-refractivity contribution in [3.63, 3.8) is 0 Å². The summed E-state index contributed by atoms with van der Waals surface area (Å²) in [5.41, 5.74) is 0.496. The van der Waals surface area contributed by atoms with E-state index in [-0.39, 0.29) is 5.97 Å². The standard InChI is InChI=1S/C10H14N2O2/c1-3-5-6-12-8-9(7-11-12)10(13)14-4-2/h3,7-8H,1,4-6H2,2H3. The third-order valence-electron chi connectivity index (χ3n) is 1.71. The number of esters is 1. The number of ether oxygens (including phenoxy) is 1. The molecule has 0 aliphatic heterocycles. The highest BCUT2D eigenvalue weighted by atomic mass is 16.5. The van der Waals surface area contributed by atoms with Crippen LogP contribution in [-0.4, -0.2) is 22.4 Å². The lowest BCUT2D eigenvalue weighted by Crippen LogP contribution is -2.03. The summed E-state index contributed by atoms with van der Waals surface area (Å²) in [7, 11) is 0. The molecular formula is C10H14N2O2. The number of carbonyl (C=O) groups is 1. The molecule has 0 fully saturated rings. The van der Waals surface area contributed by atoms with Crippen LogP contribution in [0.25, 0.3) is 0 Å². The van der Waals surface area contributed by atoms with E-state index in [9.17, 15) is 4.79 Å². The van der Waals surface area contributed by atoms with Gasteiger partial charge in [-0.3, -0.25) is 4.68 Å². The Labute approximate surface area is 83.2 Å². The number of rotatable bonds is 5. The SMILES string of the molecule is C=CCCn1cc(C(=O)OCC)cn1. The van der Waals surface area contributed by atoms with Crippen molar-refractivity contribution < 1.29 is 9.53 Å². The van der Waals surface area contributed by atoms with Crippen LogP contribution in [0.4, 0.5) is 0 Å². The molecule has 0 N–H and O–H groups in total. The number of hydrogen-bond acceptors (Lipinski definition) is 3. The van der Waals surface area contributed by atoms with Crippen LogP contribution in [-0.2, 0) is 11.3 Å². The molecular weight excluding hydrogens is 180 g/mol. The van der Waals surface area contributed by atoms with Crippen molar-refractivity contribution in [1.82, 2.24) is 9.78 Å². The van der Waals surface area contributed by atoms with E-state index in [0.717, 1.165) is 13.0 Å². The summed E-state index contributed by atoms with van der Waals surface area (Å²) in [5.74, 6) is -0.322. The summed E-state index contributed by atoms with van der Waals surface area (Å²) in [6.45, 7) is 6.52. The Morgan fingerprint density at radius 2 is 2.57 bits per heavy atom. The van der Waals surface area contributed by atoms with Gasteiger partial charge in [0.15, 0.2) is 0 Å². The Balaban J connectivity index is 2.58. The zero-order valence-corrected chi connectivity index (χ0v) is 8.27. The Morgan fingerprint density at radius 1 is 1.79 bits per heavy atom. The van der Waals surface area contributed by atoms with Crippen LogP contribution in [0.15, 0.2) is 25.0 Å². The lowest BCUT2D eigenvalue weighted by molar-refractivity contribution is 0.0526. The molecule has 0 amide bonds. The molecule has 0 atom stereocenters. The highest BCUT2D eigenvalue weighted by Gasteiger charge is 2.08. The largest absolute Gasteiger partial charge is 0.462 e. The van der Waals surface area contributed by atoms with Crippen LogP contribution in [0.2, 0.25) is 0 Å². The molecule has 4 nitrogen and oxygen atoms in total. The van der Waals surface area contributed by atoms with E-state index in [1.54, 1.807) is 17.8 Å². The summed E-state index contributed by atoms with van der Waals surface area (Å²) in [6.07, 6.45) is 5.85. The Kier molecular flexibility index (Phi) is 3.91. The van der Waals surface area contributed by atoms with Gasteiger partial charge in [-0.25, -0.2) is 4.79 Å². The van der Waals surface area contributed by atoms with Crippen LogP contribution >= 0.6 is 0 Å². The van der Waals surface area contributed by atoms with E-state index in [4.69, 9.17) is 4.74 Å². The van der Waals surface area contributed by atoms with Crippen LogP contribution in [0.3, 0.4) is 0 Å². The van der Waals surface area contributed by atoms with E-state index >= 15 is 0 Å².